The number of benzene rings is 2. The molecular weight excluding hydrogens is 442 g/mol. The molecule has 1 atom stereocenters. The molecule has 35 heavy (non-hydrogen) atoms. The molecule has 0 bridgehead atoms. The average Bonchev–Trinajstić information content (AvgIpc) is 3.33. The summed E-state index contributed by atoms with van der Waals surface area (Å²) < 4.78 is 5.47. The Hall–Kier alpha value is -3.52. The smallest absolute Gasteiger partial charge is 0.253 e. The molecule has 0 radical (unpaired) electrons. The second-order valence-corrected chi connectivity index (χ2v) is 9.25. The molecule has 4 rings (SSSR count). The highest BCUT2D eigenvalue weighted by molar-refractivity contribution is 6.04. The third-order valence-corrected chi connectivity index (χ3v) is 6.48. The van der Waals surface area contributed by atoms with Gasteiger partial charge in [-0.1, -0.05) is 48.0 Å². The van der Waals surface area contributed by atoms with E-state index in [-0.39, 0.29) is 23.8 Å². The van der Waals surface area contributed by atoms with Gasteiger partial charge in [0.15, 0.2) is 0 Å². The van der Waals surface area contributed by atoms with Gasteiger partial charge in [-0.2, -0.15) is 4.98 Å². The number of likely N-dealkylation sites (tertiary alicyclic amines) is 1. The predicted octanol–water partition coefficient (Wildman–Crippen LogP) is 4.42. The lowest BCUT2D eigenvalue weighted by molar-refractivity contribution is -0.121. The van der Waals surface area contributed by atoms with Crippen LogP contribution in [0.5, 0.6) is 0 Å². The van der Waals surface area contributed by atoms with E-state index in [1.807, 2.05) is 57.2 Å². The van der Waals surface area contributed by atoms with Crippen LogP contribution >= 0.6 is 0 Å². The second-order valence-electron chi connectivity index (χ2n) is 9.25. The van der Waals surface area contributed by atoms with Gasteiger partial charge in [0, 0.05) is 17.5 Å². The first-order valence-electron chi connectivity index (χ1n) is 12.3. The molecule has 8 heteroatoms. The van der Waals surface area contributed by atoms with Crippen molar-refractivity contribution in [2.75, 3.05) is 18.4 Å². The van der Waals surface area contributed by atoms with Gasteiger partial charge in [-0.3, -0.25) is 14.5 Å². The summed E-state index contributed by atoms with van der Waals surface area (Å²) >= 11 is 0. The van der Waals surface area contributed by atoms with E-state index in [9.17, 15) is 9.59 Å². The number of carbonyl (C=O) groups excluding carboxylic acids is 2. The molecule has 2 aromatic carbocycles. The van der Waals surface area contributed by atoms with Crippen LogP contribution in [0.25, 0.3) is 11.4 Å². The molecule has 0 spiro atoms. The fourth-order valence-corrected chi connectivity index (χ4v) is 4.19. The number of aromatic nitrogens is 2. The molecule has 8 nitrogen and oxygen atoms in total. The number of amides is 2. The van der Waals surface area contributed by atoms with Crippen LogP contribution in [0.3, 0.4) is 0 Å². The summed E-state index contributed by atoms with van der Waals surface area (Å²) in [5.74, 6) is 0.838. The van der Waals surface area contributed by atoms with Crippen LogP contribution in [0.4, 0.5) is 5.69 Å². The number of rotatable bonds is 8. The number of nitrogens with zero attached hydrogens (tertiary/aromatic N) is 3. The number of para-hydroxylation sites is 1. The summed E-state index contributed by atoms with van der Waals surface area (Å²) in [6, 6.07) is 15.2. The molecular formula is C27H33N5O3. The lowest BCUT2D eigenvalue weighted by Crippen LogP contribution is -2.38. The molecule has 0 aliphatic carbocycles. The Balaban J connectivity index is 1.30. The quantitative estimate of drug-likeness (QED) is 0.500. The molecule has 1 saturated heterocycles. The zero-order valence-electron chi connectivity index (χ0n) is 20.6. The zero-order valence-corrected chi connectivity index (χ0v) is 20.6. The van der Waals surface area contributed by atoms with Gasteiger partial charge in [0.2, 0.25) is 17.6 Å². The maximum absolute atomic E-state index is 13.0. The van der Waals surface area contributed by atoms with E-state index in [0.29, 0.717) is 29.5 Å². The second kappa shape index (κ2) is 11.3. The fourth-order valence-electron chi connectivity index (χ4n) is 4.19. The Morgan fingerprint density at radius 1 is 1.14 bits per heavy atom. The SMILES string of the molecule is CCC(C)NC(=O)c1ccccc1NC(=O)C1CCN(Cc2nc(-c3cccc(C)c3)no2)CC1. The molecule has 2 N–H and O–H groups in total. The lowest BCUT2D eigenvalue weighted by Gasteiger charge is -2.30. The molecule has 1 aromatic heterocycles. The van der Waals surface area contributed by atoms with Crippen molar-refractivity contribution in [3.63, 3.8) is 0 Å². The van der Waals surface area contributed by atoms with E-state index >= 15 is 0 Å². The molecule has 184 valence electrons. The van der Waals surface area contributed by atoms with Crippen LogP contribution < -0.4 is 10.6 Å². The lowest BCUT2D eigenvalue weighted by atomic mass is 9.95. The maximum Gasteiger partial charge on any atom is 0.253 e. The number of hydrogen-bond acceptors (Lipinski definition) is 6. The highest BCUT2D eigenvalue weighted by atomic mass is 16.5. The normalized spacial score (nSPS) is 15.5. The summed E-state index contributed by atoms with van der Waals surface area (Å²) in [6.07, 6.45) is 2.30. The van der Waals surface area contributed by atoms with Crippen LogP contribution in [0.1, 0.15) is 54.9 Å². The molecule has 2 heterocycles. The van der Waals surface area contributed by atoms with Gasteiger partial charge in [0.1, 0.15) is 0 Å². The van der Waals surface area contributed by atoms with E-state index in [1.165, 1.54) is 0 Å². The minimum absolute atomic E-state index is 0.0482. The first kappa shape index (κ1) is 24.6. The highest BCUT2D eigenvalue weighted by Crippen LogP contribution is 2.23. The Morgan fingerprint density at radius 3 is 2.66 bits per heavy atom. The number of piperidine rings is 1. The maximum atomic E-state index is 13.0. The Bertz CT molecular complexity index is 1170. The van der Waals surface area contributed by atoms with Gasteiger partial charge in [0.25, 0.3) is 5.91 Å². The van der Waals surface area contributed by atoms with Crippen molar-refractivity contribution < 1.29 is 14.1 Å². The van der Waals surface area contributed by atoms with Crippen LogP contribution in [-0.2, 0) is 11.3 Å². The van der Waals surface area contributed by atoms with Crippen LogP contribution in [0.2, 0.25) is 0 Å². The first-order valence-corrected chi connectivity index (χ1v) is 12.3. The average molecular weight is 476 g/mol. The number of hydrogen-bond donors (Lipinski definition) is 2. The van der Waals surface area contributed by atoms with E-state index in [2.05, 4.69) is 25.7 Å². The summed E-state index contributed by atoms with van der Waals surface area (Å²) in [5.41, 5.74) is 3.12. The van der Waals surface area contributed by atoms with Crippen LogP contribution in [0, 0.1) is 12.8 Å². The molecule has 1 aliphatic heterocycles. The number of aryl methyl sites for hydroxylation is 1. The minimum atomic E-state index is -0.172. The van der Waals surface area contributed by atoms with Crippen molar-refractivity contribution in [2.24, 2.45) is 5.92 Å². The van der Waals surface area contributed by atoms with E-state index in [4.69, 9.17) is 4.52 Å². The molecule has 1 aliphatic rings. The molecule has 2 amide bonds. The number of nitrogens with one attached hydrogen (secondary N) is 2. The van der Waals surface area contributed by atoms with Crippen molar-refractivity contribution in [3.05, 3.63) is 65.5 Å². The van der Waals surface area contributed by atoms with Crippen molar-refractivity contribution in [3.8, 4) is 11.4 Å². The van der Waals surface area contributed by atoms with Gasteiger partial charge in [0.05, 0.1) is 17.8 Å². The predicted molar refractivity (Wildman–Crippen MR) is 135 cm³/mol. The van der Waals surface area contributed by atoms with E-state index in [0.717, 1.165) is 43.5 Å². The standard InChI is InChI=1S/C27H33N5O3/c1-4-19(3)28-27(34)22-10-5-6-11-23(22)29-26(33)20-12-14-32(15-13-20)17-24-30-25(31-35-24)21-9-7-8-18(2)16-21/h5-11,16,19-20H,4,12-15,17H2,1-3H3,(H,28,34)(H,29,33). The monoisotopic (exact) mass is 475 g/mol. The third-order valence-electron chi connectivity index (χ3n) is 6.48. The Kier molecular flexibility index (Phi) is 7.92. The fraction of sp³-hybridized carbons (Fsp3) is 0.407. The van der Waals surface area contributed by atoms with Gasteiger partial charge in [-0.05, 0) is 64.4 Å². The summed E-state index contributed by atoms with van der Waals surface area (Å²) in [6.45, 7) is 8.10. The van der Waals surface area contributed by atoms with Crippen molar-refractivity contribution >= 4 is 17.5 Å². The van der Waals surface area contributed by atoms with Crippen LogP contribution in [-0.4, -0.2) is 46.0 Å². The third kappa shape index (κ3) is 6.33. The molecule has 1 fully saturated rings. The summed E-state index contributed by atoms with van der Waals surface area (Å²) in [4.78, 5) is 32.4. The number of anilines is 1. The van der Waals surface area contributed by atoms with Crippen molar-refractivity contribution in [1.82, 2.24) is 20.4 Å². The minimum Gasteiger partial charge on any atom is -0.350 e. The van der Waals surface area contributed by atoms with Crippen molar-refractivity contribution in [2.45, 2.75) is 52.6 Å². The molecule has 3 aromatic rings. The van der Waals surface area contributed by atoms with Crippen LogP contribution in [0.15, 0.2) is 53.1 Å². The zero-order chi connectivity index (χ0) is 24.8. The summed E-state index contributed by atoms with van der Waals surface area (Å²) in [5, 5.41) is 10.1. The topological polar surface area (TPSA) is 100 Å². The van der Waals surface area contributed by atoms with E-state index in [1.54, 1.807) is 12.1 Å². The first-order chi connectivity index (χ1) is 16.9. The van der Waals surface area contributed by atoms with Gasteiger partial charge < -0.3 is 15.2 Å². The largest absolute Gasteiger partial charge is 0.350 e. The Morgan fingerprint density at radius 2 is 1.91 bits per heavy atom. The van der Waals surface area contributed by atoms with E-state index < -0.39 is 0 Å². The van der Waals surface area contributed by atoms with Crippen molar-refractivity contribution in [1.29, 1.82) is 0 Å². The van der Waals surface area contributed by atoms with Gasteiger partial charge in [-0.25, -0.2) is 0 Å². The molecule has 0 saturated carbocycles. The summed E-state index contributed by atoms with van der Waals surface area (Å²) in [7, 11) is 0. The number of carbonyl (C=O) groups is 2. The van der Waals surface area contributed by atoms with Gasteiger partial charge >= 0.3 is 0 Å². The Labute approximate surface area is 206 Å². The highest BCUT2D eigenvalue weighted by Gasteiger charge is 2.27. The van der Waals surface area contributed by atoms with Gasteiger partial charge in [-0.15, -0.1) is 0 Å². The molecule has 1 unspecified atom stereocenters.